The van der Waals surface area contributed by atoms with Gasteiger partial charge in [-0.05, 0) is 32.4 Å². The Morgan fingerprint density at radius 1 is 0.955 bits per heavy atom. The summed E-state index contributed by atoms with van der Waals surface area (Å²) in [6.07, 6.45) is 0.849. The summed E-state index contributed by atoms with van der Waals surface area (Å²) in [4.78, 5) is 0. The van der Waals surface area contributed by atoms with Crippen molar-refractivity contribution in [3.8, 4) is 5.75 Å². The molecular formula is C17H23NO4. The largest absolute Gasteiger partial charge is 0.491 e. The topological polar surface area (TPSA) is 53.7 Å². The molecule has 1 aromatic heterocycles. The van der Waals surface area contributed by atoms with Crippen LogP contribution in [0.5, 0.6) is 5.75 Å². The molecule has 0 aliphatic carbocycles. The van der Waals surface area contributed by atoms with Gasteiger partial charge in [0, 0.05) is 19.3 Å². The fourth-order valence-corrected chi connectivity index (χ4v) is 1.88. The van der Waals surface area contributed by atoms with Gasteiger partial charge in [-0.3, -0.25) is 0 Å². The number of aromatic nitrogens is 1. The molecule has 0 N–H and O–H groups in total. The van der Waals surface area contributed by atoms with E-state index in [0.717, 1.165) is 23.6 Å². The Bertz CT molecular complexity index is 536. The fraction of sp³-hybridized carbons (Fsp3) is 0.471. The third-order valence-corrected chi connectivity index (χ3v) is 3.02. The first-order chi connectivity index (χ1) is 10.7. The molecule has 0 radical (unpaired) electrons. The van der Waals surface area contributed by atoms with Crippen LogP contribution in [-0.4, -0.2) is 31.6 Å². The van der Waals surface area contributed by atoms with Crippen LogP contribution in [0.15, 0.2) is 34.9 Å². The van der Waals surface area contributed by atoms with Gasteiger partial charge in [-0.2, -0.15) is 0 Å². The molecule has 0 amide bonds. The normalized spacial score (nSPS) is 10.8. The van der Waals surface area contributed by atoms with E-state index in [2.05, 4.69) is 12.1 Å². The average Bonchev–Trinajstić information content (AvgIpc) is 2.93. The maximum atomic E-state index is 5.57. The fourth-order valence-electron chi connectivity index (χ4n) is 1.88. The van der Waals surface area contributed by atoms with Gasteiger partial charge < -0.3 is 18.7 Å². The highest BCUT2D eigenvalue weighted by atomic mass is 16.5. The molecule has 120 valence electrons. The summed E-state index contributed by atoms with van der Waals surface area (Å²) in [5.41, 5.74) is 2.05. The predicted molar refractivity (Wildman–Crippen MR) is 83.0 cm³/mol. The molecule has 5 heteroatoms. The first kappa shape index (κ1) is 16.5. The van der Waals surface area contributed by atoms with Gasteiger partial charge in [0.15, 0.2) is 0 Å². The number of aryl methyl sites for hydroxylation is 2. The number of nitrogens with zero attached hydrogens (tertiary/aromatic N) is 1. The third-order valence-electron chi connectivity index (χ3n) is 3.02. The Balaban J connectivity index is 1.42. The van der Waals surface area contributed by atoms with Gasteiger partial charge in [0.05, 0.1) is 13.2 Å². The van der Waals surface area contributed by atoms with Crippen LogP contribution in [0.2, 0.25) is 0 Å². The van der Waals surface area contributed by atoms with Crippen LogP contribution in [0.3, 0.4) is 0 Å². The highest BCUT2D eigenvalue weighted by Gasteiger charge is 2.00. The van der Waals surface area contributed by atoms with E-state index in [1.54, 1.807) is 0 Å². The summed E-state index contributed by atoms with van der Waals surface area (Å²) in [6.45, 7) is 6.84. The number of hydrogen-bond donors (Lipinski definition) is 0. The minimum absolute atomic E-state index is 0.480. The minimum Gasteiger partial charge on any atom is -0.491 e. The first-order valence-electron chi connectivity index (χ1n) is 7.51. The predicted octanol–water partition coefficient (Wildman–Crippen LogP) is 3.29. The Morgan fingerprint density at radius 2 is 1.73 bits per heavy atom. The maximum Gasteiger partial charge on any atom is 0.134 e. The van der Waals surface area contributed by atoms with Gasteiger partial charge in [0.25, 0.3) is 0 Å². The smallest absolute Gasteiger partial charge is 0.134 e. The molecule has 0 unspecified atom stereocenters. The number of hydrogen-bond acceptors (Lipinski definition) is 5. The quantitative estimate of drug-likeness (QED) is 0.630. The van der Waals surface area contributed by atoms with Crippen LogP contribution in [-0.2, 0) is 16.1 Å². The maximum absolute atomic E-state index is 5.57. The number of rotatable bonds is 10. The lowest BCUT2D eigenvalue weighted by Crippen LogP contribution is -2.09. The molecule has 22 heavy (non-hydrogen) atoms. The van der Waals surface area contributed by atoms with E-state index in [1.165, 1.54) is 5.56 Å². The van der Waals surface area contributed by atoms with Crippen molar-refractivity contribution < 1.29 is 18.7 Å². The zero-order valence-corrected chi connectivity index (χ0v) is 13.2. The molecule has 0 aliphatic rings. The Hall–Kier alpha value is -1.85. The molecule has 1 heterocycles. The van der Waals surface area contributed by atoms with Gasteiger partial charge in [0.1, 0.15) is 23.8 Å². The molecule has 1 aromatic carbocycles. The molecule has 0 aliphatic heterocycles. The molecule has 0 fully saturated rings. The monoisotopic (exact) mass is 305 g/mol. The summed E-state index contributed by atoms with van der Waals surface area (Å²) in [7, 11) is 0. The van der Waals surface area contributed by atoms with Crippen molar-refractivity contribution >= 4 is 0 Å². The molecule has 0 atom stereocenters. The molecule has 2 aromatic rings. The van der Waals surface area contributed by atoms with Crippen molar-refractivity contribution in [1.82, 2.24) is 5.16 Å². The second-order valence-electron chi connectivity index (χ2n) is 5.11. The lowest BCUT2D eigenvalue weighted by molar-refractivity contribution is 0.0617. The Kier molecular flexibility index (Phi) is 6.93. The van der Waals surface area contributed by atoms with Gasteiger partial charge in [-0.1, -0.05) is 22.9 Å². The van der Waals surface area contributed by atoms with Crippen molar-refractivity contribution in [2.75, 3.05) is 26.4 Å². The molecule has 0 saturated carbocycles. The van der Waals surface area contributed by atoms with Crippen molar-refractivity contribution in [2.24, 2.45) is 0 Å². The van der Waals surface area contributed by atoms with Crippen LogP contribution < -0.4 is 4.74 Å². The minimum atomic E-state index is 0.480. The summed E-state index contributed by atoms with van der Waals surface area (Å²) < 4.78 is 21.5. The third kappa shape index (κ3) is 6.28. The second-order valence-corrected chi connectivity index (χ2v) is 5.11. The lowest BCUT2D eigenvalue weighted by Gasteiger charge is -2.07. The average molecular weight is 305 g/mol. The highest BCUT2D eigenvalue weighted by Crippen LogP contribution is 2.10. The molecule has 2 rings (SSSR count). The highest BCUT2D eigenvalue weighted by molar-refractivity contribution is 5.26. The number of benzene rings is 1. The Labute approximate surface area is 131 Å². The van der Waals surface area contributed by atoms with Crippen LogP contribution in [0.1, 0.15) is 23.4 Å². The molecular weight excluding hydrogens is 282 g/mol. The Morgan fingerprint density at radius 3 is 2.45 bits per heavy atom. The summed E-state index contributed by atoms with van der Waals surface area (Å²) in [5.74, 6) is 1.68. The summed E-state index contributed by atoms with van der Waals surface area (Å²) in [6, 6.07) is 9.87. The standard InChI is InChI=1S/C17H23NO4/c1-14-4-6-17(7-5-14)21-11-10-19-8-3-9-20-13-16-12-15(2)22-18-16/h4-7,12H,3,8-11,13H2,1-2H3. The van der Waals surface area contributed by atoms with Crippen LogP contribution in [0.25, 0.3) is 0 Å². The van der Waals surface area contributed by atoms with Gasteiger partial charge in [0.2, 0.25) is 0 Å². The van der Waals surface area contributed by atoms with E-state index >= 15 is 0 Å². The van der Waals surface area contributed by atoms with Crippen molar-refractivity contribution in [1.29, 1.82) is 0 Å². The van der Waals surface area contributed by atoms with E-state index in [9.17, 15) is 0 Å². The zero-order valence-electron chi connectivity index (χ0n) is 13.2. The van der Waals surface area contributed by atoms with Crippen molar-refractivity contribution in [3.05, 3.63) is 47.3 Å². The van der Waals surface area contributed by atoms with Crippen molar-refractivity contribution in [3.63, 3.8) is 0 Å². The van der Waals surface area contributed by atoms with Gasteiger partial charge in [-0.15, -0.1) is 0 Å². The van der Waals surface area contributed by atoms with E-state index in [1.807, 2.05) is 37.3 Å². The molecule has 5 nitrogen and oxygen atoms in total. The van der Waals surface area contributed by atoms with Gasteiger partial charge >= 0.3 is 0 Å². The first-order valence-corrected chi connectivity index (χ1v) is 7.51. The van der Waals surface area contributed by atoms with E-state index in [0.29, 0.717) is 33.0 Å². The molecule has 0 saturated heterocycles. The summed E-state index contributed by atoms with van der Waals surface area (Å²) in [5, 5.41) is 3.86. The van der Waals surface area contributed by atoms with Crippen LogP contribution >= 0.6 is 0 Å². The second kappa shape index (κ2) is 9.23. The SMILES string of the molecule is Cc1ccc(OCCOCCCOCc2cc(C)on2)cc1. The lowest BCUT2D eigenvalue weighted by atomic mass is 10.2. The summed E-state index contributed by atoms with van der Waals surface area (Å²) >= 11 is 0. The van der Waals surface area contributed by atoms with E-state index in [4.69, 9.17) is 18.7 Å². The number of ether oxygens (including phenoxy) is 3. The van der Waals surface area contributed by atoms with E-state index < -0.39 is 0 Å². The van der Waals surface area contributed by atoms with Crippen LogP contribution in [0, 0.1) is 13.8 Å². The van der Waals surface area contributed by atoms with E-state index in [-0.39, 0.29) is 0 Å². The zero-order chi connectivity index (χ0) is 15.6. The molecule has 0 spiro atoms. The van der Waals surface area contributed by atoms with Crippen molar-refractivity contribution in [2.45, 2.75) is 26.9 Å². The van der Waals surface area contributed by atoms with Gasteiger partial charge in [-0.25, -0.2) is 0 Å². The van der Waals surface area contributed by atoms with Crippen LogP contribution in [0.4, 0.5) is 0 Å². The molecule has 0 bridgehead atoms.